The number of carbonyl (C=O) groups is 2. The molecule has 4 rings (SSSR count). The van der Waals surface area contributed by atoms with Crippen molar-refractivity contribution in [3.05, 3.63) is 53.6 Å². The van der Waals surface area contributed by atoms with E-state index in [2.05, 4.69) is 16.1 Å². The first-order chi connectivity index (χ1) is 17.3. The van der Waals surface area contributed by atoms with Gasteiger partial charge in [0.25, 0.3) is 0 Å². The molecule has 1 fully saturated rings. The average molecular weight is 521 g/mol. The minimum Gasteiger partial charge on any atom is -0.496 e. The number of benzene rings is 3. The van der Waals surface area contributed by atoms with Gasteiger partial charge in [-0.3, -0.25) is 19.7 Å². The molecule has 0 saturated carbocycles. The highest BCUT2D eigenvalue weighted by atomic mass is 32.2. The number of amides is 3. The highest BCUT2D eigenvalue weighted by Crippen LogP contribution is 2.46. The van der Waals surface area contributed by atoms with E-state index in [-0.39, 0.29) is 24.4 Å². The number of fused-ring (bicyclic) bond motifs is 1. The van der Waals surface area contributed by atoms with Crippen LogP contribution < -0.4 is 19.7 Å². The Morgan fingerprint density at radius 2 is 1.76 bits per heavy atom. The third-order valence-corrected chi connectivity index (χ3v) is 6.77. The molecule has 1 aliphatic rings. The van der Waals surface area contributed by atoms with Crippen LogP contribution in [0.25, 0.3) is 21.9 Å². The second-order valence-corrected chi connectivity index (χ2v) is 11.7. The molecule has 10 heteroatoms. The predicted octanol–water partition coefficient (Wildman–Crippen LogP) is 4.50. The minimum absolute atomic E-state index is 0.128. The third kappa shape index (κ3) is 5.22. The number of nitrogens with one attached hydrogen (secondary N) is 2. The molecule has 0 bridgehead atoms. The molecule has 37 heavy (non-hydrogen) atoms. The van der Waals surface area contributed by atoms with Crippen molar-refractivity contribution in [1.82, 2.24) is 5.32 Å². The molecule has 3 amide bonds. The average Bonchev–Trinajstić information content (AvgIpc) is 2.81. The molecule has 0 aliphatic carbocycles. The van der Waals surface area contributed by atoms with Gasteiger partial charge in [0.1, 0.15) is 11.8 Å². The van der Waals surface area contributed by atoms with Gasteiger partial charge in [-0.15, -0.1) is 0 Å². The fraction of sp³-hybridized carbons (Fsp3) is 0.296. The van der Waals surface area contributed by atoms with Crippen LogP contribution in [-0.2, 0) is 20.2 Å². The Kier molecular flexibility index (Phi) is 6.60. The van der Waals surface area contributed by atoms with E-state index in [1.807, 2.05) is 39.0 Å². The van der Waals surface area contributed by atoms with Gasteiger partial charge in [0.05, 0.1) is 24.6 Å². The highest BCUT2D eigenvalue weighted by Gasteiger charge is 2.32. The maximum atomic E-state index is 12.7. The summed E-state index contributed by atoms with van der Waals surface area (Å²) in [6.07, 6.45) is 1.22. The van der Waals surface area contributed by atoms with Gasteiger partial charge >= 0.3 is 6.03 Å². The first kappa shape index (κ1) is 26.0. The molecule has 0 aromatic heterocycles. The van der Waals surface area contributed by atoms with Gasteiger partial charge in [0.15, 0.2) is 0 Å². The van der Waals surface area contributed by atoms with Crippen LogP contribution in [-0.4, -0.2) is 40.3 Å². The fourth-order valence-electron chi connectivity index (χ4n) is 4.49. The van der Waals surface area contributed by atoms with Crippen LogP contribution in [0.5, 0.6) is 5.75 Å². The van der Waals surface area contributed by atoms with Crippen molar-refractivity contribution in [3.8, 4) is 22.9 Å². The number of urea groups is 1. The maximum Gasteiger partial charge on any atom is 0.328 e. The molecule has 0 unspecified atom stereocenters. The van der Waals surface area contributed by atoms with Gasteiger partial charge in [0.2, 0.25) is 15.9 Å². The van der Waals surface area contributed by atoms with Gasteiger partial charge in [-0.05, 0) is 46.0 Å². The van der Waals surface area contributed by atoms with Gasteiger partial charge in [-0.25, -0.2) is 13.2 Å². The molecule has 0 radical (unpaired) electrons. The Labute approximate surface area is 216 Å². The summed E-state index contributed by atoms with van der Waals surface area (Å²) in [5.74, 6) is 0.166. The summed E-state index contributed by atoms with van der Waals surface area (Å²) in [6, 6.07) is 14.2. The van der Waals surface area contributed by atoms with Crippen molar-refractivity contribution in [1.29, 1.82) is 5.26 Å². The Balaban J connectivity index is 1.97. The third-order valence-electron chi connectivity index (χ3n) is 6.16. The number of anilines is 2. The number of sulfonamides is 1. The predicted molar refractivity (Wildman–Crippen MR) is 143 cm³/mol. The van der Waals surface area contributed by atoms with E-state index < -0.39 is 21.5 Å². The number of methoxy groups -OCH3 is 1. The number of rotatable bonds is 5. The lowest BCUT2D eigenvalue weighted by Gasteiger charge is -2.32. The van der Waals surface area contributed by atoms with Gasteiger partial charge in [-0.1, -0.05) is 39.0 Å². The van der Waals surface area contributed by atoms with Crippen LogP contribution in [0.4, 0.5) is 16.2 Å². The molecule has 2 N–H and O–H groups in total. The summed E-state index contributed by atoms with van der Waals surface area (Å²) in [5.41, 5.74) is 2.75. The number of nitriles is 1. The van der Waals surface area contributed by atoms with Gasteiger partial charge < -0.3 is 4.74 Å². The van der Waals surface area contributed by atoms with Crippen LogP contribution in [0.2, 0.25) is 0 Å². The molecule has 3 aromatic rings. The van der Waals surface area contributed by atoms with Crippen LogP contribution in [0.3, 0.4) is 0 Å². The van der Waals surface area contributed by atoms with Crippen molar-refractivity contribution >= 4 is 44.1 Å². The molecule has 1 heterocycles. The van der Waals surface area contributed by atoms with Crippen molar-refractivity contribution < 1.29 is 22.7 Å². The van der Waals surface area contributed by atoms with Crippen molar-refractivity contribution in [3.63, 3.8) is 0 Å². The van der Waals surface area contributed by atoms with Crippen molar-refractivity contribution in [2.45, 2.75) is 32.6 Å². The van der Waals surface area contributed by atoms with E-state index in [1.165, 1.54) is 4.90 Å². The number of nitrogens with zero attached hydrogens (tertiary/aromatic N) is 2. The molecule has 192 valence electrons. The highest BCUT2D eigenvalue weighted by molar-refractivity contribution is 7.92. The first-order valence-electron chi connectivity index (χ1n) is 11.6. The summed E-state index contributed by atoms with van der Waals surface area (Å²) in [4.78, 5) is 25.9. The topological polar surface area (TPSA) is 129 Å². The fourth-order valence-corrected chi connectivity index (χ4v) is 5.05. The quantitative estimate of drug-likeness (QED) is 0.510. The van der Waals surface area contributed by atoms with Crippen molar-refractivity contribution in [2.24, 2.45) is 0 Å². The maximum absolute atomic E-state index is 12.7. The van der Waals surface area contributed by atoms with E-state index in [0.717, 1.165) is 22.6 Å². The summed E-state index contributed by atoms with van der Waals surface area (Å²) in [5, 5.41) is 14.3. The van der Waals surface area contributed by atoms with Crippen LogP contribution in [0, 0.1) is 11.3 Å². The second-order valence-electron chi connectivity index (χ2n) is 9.99. The Bertz CT molecular complexity index is 1580. The number of imide groups is 1. The molecule has 3 aromatic carbocycles. The zero-order valence-electron chi connectivity index (χ0n) is 21.3. The molecular weight excluding hydrogens is 492 g/mol. The number of hydrogen-bond acceptors (Lipinski definition) is 6. The summed E-state index contributed by atoms with van der Waals surface area (Å²) in [7, 11) is -1.87. The van der Waals surface area contributed by atoms with Gasteiger partial charge in [-0.2, -0.15) is 5.26 Å². The zero-order chi connectivity index (χ0) is 27.1. The van der Waals surface area contributed by atoms with Crippen LogP contribution >= 0.6 is 0 Å². The minimum atomic E-state index is -3.42. The Morgan fingerprint density at radius 1 is 1.08 bits per heavy atom. The monoisotopic (exact) mass is 520 g/mol. The second kappa shape index (κ2) is 9.41. The standard InChI is InChI=1S/C27H28N4O5S/c1-27(2,3)21-14-22(31-11-10-23(32)29-26(31)33)20(15-28)24(25(21)36-4)18-7-6-17-13-19(30-37(5,34)35)9-8-16(17)12-18/h6-9,12-14,30H,10-11H2,1-5H3,(H,29,32,33). The lowest BCUT2D eigenvalue weighted by molar-refractivity contribution is -0.120. The van der Waals surface area contributed by atoms with Gasteiger partial charge in [0, 0.05) is 29.8 Å². The van der Waals surface area contributed by atoms with E-state index in [4.69, 9.17) is 4.74 Å². The Hall–Kier alpha value is -4.10. The van der Waals surface area contributed by atoms with Crippen molar-refractivity contribution in [2.75, 3.05) is 29.5 Å². The van der Waals surface area contributed by atoms with Crippen LogP contribution in [0.15, 0.2) is 42.5 Å². The van der Waals surface area contributed by atoms with E-state index in [9.17, 15) is 23.3 Å². The largest absolute Gasteiger partial charge is 0.496 e. The zero-order valence-corrected chi connectivity index (χ0v) is 22.1. The normalized spacial score (nSPS) is 14.3. The summed E-state index contributed by atoms with van der Waals surface area (Å²) < 4.78 is 31.6. The number of carbonyl (C=O) groups excluding carboxylic acids is 2. The first-order valence-corrected chi connectivity index (χ1v) is 13.5. The smallest absolute Gasteiger partial charge is 0.328 e. The van der Waals surface area contributed by atoms with E-state index in [0.29, 0.717) is 28.3 Å². The lowest BCUT2D eigenvalue weighted by atomic mass is 9.81. The summed E-state index contributed by atoms with van der Waals surface area (Å²) >= 11 is 0. The number of hydrogen-bond donors (Lipinski definition) is 2. The number of ether oxygens (including phenoxy) is 1. The SMILES string of the molecule is COc1c(C(C)(C)C)cc(N2CCC(=O)NC2=O)c(C#N)c1-c1ccc2cc(NS(C)(=O)=O)ccc2c1. The van der Waals surface area contributed by atoms with Crippen LogP contribution in [0.1, 0.15) is 38.3 Å². The lowest BCUT2D eigenvalue weighted by Crippen LogP contribution is -2.50. The molecular formula is C27H28N4O5S. The molecule has 1 aliphatic heterocycles. The summed E-state index contributed by atoms with van der Waals surface area (Å²) in [6.45, 7) is 6.20. The van der Waals surface area contributed by atoms with E-state index >= 15 is 0 Å². The molecule has 1 saturated heterocycles. The molecule has 0 spiro atoms. The molecule has 0 atom stereocenters. The Morgan fingerprint density at radius 3 is 2.35 bits per heavy atom. The van der Waals surface area contributed by atoms with E-state index in [1.54, 1.807) is 31.4 Å². The molecule has 9 nitrogen and oxygen atoms in total.